The topological polar surface area (TPSA) is 77.8 Å². The Hall–Kier alpha value is -3.06. The molecule has 1 aliphatic rings. The number of nitrogens with one attached hydrogen (secondary N) is 1. The van der Waals surface area contributed by atoms with Crippen molar-refractivity contribution in [2.24, 2.45) is 4.99 Å². The van der Waals surface area contributed by atoms with E-state index in [4.69, 9.17) is 0 Å². The van der Waals surface area contributed by atoms with Crippen LogP contribution in [0.4, 0.5) is 11.6 Å². The molecule has 1 fully saturated rings. The molecule has 1 aliphatic heterocycles. The van der Waals surface area contributed by atoms with Crippen molar-refractivity contribution in [3.63, 3.8) is 0 Å². The van der Waals surface area contributed by atoms with Crippen molar-refractivity contribution < 1.29 is 9.82 Å². The summed E-state index contributed by atoms with van der Waals surface area (Å²) in [7, 11) is 0. The average Bonchev–Trinajstić information content (AvgIpc) is 3.09. The Kier molecular flexibility index (Phi) is 5.43. The van der Waals surface area contributed by atoms with Gasteiger partial charge in [-0.1, -0.05) is 24.3 Å². The fraction of sp³-hybridized carbons (Fsp3) is 0.333. The summed E-state index contributed by atoms with van der Waals surface area (Å²) in [5.74, 6) is 0.643. The Morgan fingerprint density at radius 2 is 1.96 bits per heavy atom. The second-order valence-electron chi connectivity index (χ2n) is 7.22. The molecule has 0 saturated carbocycles. The molecule has 0 spiro atoms. The standard InChI is InChI=1S/C21H23N5O2/c27-26(28)18-8-6-7-17(15-18)16-22-21-23-19-9-2-3-10-20(19)25(21)14-13-24-11-4-1-5-12-24/h2-3,6-10,15-16H,1,4-5,11-14H2/p+1. The SMILES string of the molecule is O=[N+]([O-])c1cccc(C=Nc2nc3ccccc3n2CC[NH+]2CCCCC2)c1. The number of nitro benzene ring substituents is 1. The summed E-state index contributed by atoms with van der Waals surface area (Å²) >= 11 is 0. The van der Waals surface area contributed by atoms with Crippen molar-refractivity contribution in [2.75, 3.05) is 19.6 Å². The van der Waals surface area contributed by atoms with Gasteiger partial charge in [-0.3, -0.25) is 10.1 Å². The maximum Gasteiger partial charge on any atom is 0.270 e. The van der Waals surface area contributed by atoms with Crippen LogP contribution in [0.25, 0.3) is 11.0 Å². The van der Waals surface area contributed by atoms with Crippen LogP contribution in [-0.2, 0) is 6.54 Å². The molecule has 0 radical (unpaired) electrons. The third-order valence-corrected chi connectivity index (χ3v) is 5.29. The molecule has 0 unspecified atom stereocenters. The largest absolute Gasteiger partial charge is 0.333 e. The maximum atomic E-state index is 11.0. The number of para-hydroxylation sites is 2. The van der Waals surface area contributed by atoms with Crippen LogP contribution >= 0.6 is 0 Å². The van der Waals surface area contributed by atoms with Gasteiger partial charge in [-0.05, 0) is 37.0 Å². The molecule has 3 aromatic rings. The van der Waals surface area contributed by atoms with E-state index in [1.807, 2.05) is 18.2 Å². The molecule has 2 heterocycles. The fourth-order valence-electron chi connectivity index (χ4n) is 3.80. The third kappa shape index (κ3) is 4.09. The van der Waals surface area contributed by atoms with Gasteiger partial charge in [0.05, 0.1) is 42.1 Å². The second kappa shape index (κ2) is 8.31. The van der Waals surface area contributed by atoms with Crippen LogP contribution in [-0.4, -0.2) is 40.3 Å². The number of nitrogens with zero attached hydrogens (tertiary/aromatic N) is 4. The molecule has 2 aromatic carbocycles. The normalized spacial score (nSPS) is 15.4. The van der Waals surface area contributed by atoms with Gasteiger partial charge in [0.1, 0.15) is 0 Å². The van der Waals surface area contributed by atoms with Gasteiger partial charge in [-0.15, -0.1) is 0 Å². The molecule has 0 amide bonds. The van der Waals surface area contributed by atoms with Crippen molar-refractivity contribution in [2.45, 2.75) is 25.8 Å². The van der Waals surface area contributed by atoms with Crippen molar-refractivity contribution in [1.29, 1.82) is 0 Å². The van der Waals surface area contributed by atoms with Gasteiger partial charge < -0.3 is 9.47 Å². The molecule has 4 rings (SSSR count). The van der Waals surface area contributed by atoms with Crippen LogP contribution in [0, 0.1) is 10.1 Å². The van der Waals surface area contributed by atoms with Crippen LogP contribution in [0.5, 0.6) is 0 Å². The first-order valence-corrected chi connectivity index (χ1v) is 9.78. The Morgan fingerprint density at radius 3 is 2.79 bits per heavy atom. The molecule has 1 N–H and O–H groups in total. The molecule has 28 heavy (non-hydrogen) atoms. The number of benzene rings is 2. The van der Waals surface area contributed by atoms with Crippen LogP contribution in [0.3, 0.4) is 0 Å². The highest BCUT2D eigenvalue weighted by molar-refractivity contribution is 5.84. The van der Waals surface area contributed by atoms with Crippen molar-refractivity contribution in [1.82, 2.24) is 9.55 Å². The summed E-state index contributed by atoms with van der Waals surface area (Å²) in [5, 5.41) is 11.0. The number of rotatable bonds is 6. The fourth-order valence-corrected chi connectivity index (χ4v) is 3.80. The summed E-state index contributed by atoms with van der Waals surface area (Å²) in [6.45, 7) is 4.38. The zero-order valence-corrected chi connectivity index (χ0v) is 15.8. The van der Waals surface area contributed by atoms with Gasteiger partial charge in [-0.25, -0.2) is 9.98 Å². The summed E-state index contributed by atoms with van der Waals surface area (Å²) in [5.41, 5.74) is 2.74. The van der Waals surface area contributed by atoms with E-state index in [2.05, 4.69) is 20.6 Å². The molecule has 7 nitrogen and oxygen atoms in total. The number of fused-ring (bicyclic) bond motifs is 1. The van der Waals surface area contributed by atoms with E-state index in [0.717, 1.165) is 24.1 Å². The number of likely N-dealkylation sites (tertiary alicyclic amines) is 1. The molecular weight excluding hydrogens is 354 g/mol. The molecule has 0 bridgehead atoms. The minimum atomic E-state index is -0.395. The van der Waals surface area contributed by atoms with Crippen LogP contribution in [0.2, 0.25) is 0 Å². The minimum absolute atomic E-state index is 0.0613. The number of aliphatic imine (C=N–C) groups is 1. The first-order valence-electron chi connectivity index (χ1n) is 9.78. The van der Waals surface area contributed by atoms with Crippen molar-refractivity contribution in [3.05, 3.63) is 64.2 Å². The number of aromatic nitrogens is 2. The number of imidazole rings is 1. The number of nitro groups is 1. The maximum absolute atomic E-state index is 11.0. The van der Waals surface area contributed by atoms with Gasteiger partial charge in [0.25, 0.3) is 5.69 Å². The first kappa shape index (κ1) is 18.3. The van der Waals surface area contributed by atoms with E-state index < -0.39 is 4.92 Å². The van der Waals surface area contributed by atoms with Gasteiger partial charge in [-0.2, -0.15) is 0 Å². The quantitative estimate of drug-likeness (QED) is 0.407. The van der Waals surface area contributed by atoms with E-state index in [-0.39, 0.29) is 5.69 Å². The Balaban J connectivity index is 1.60. The van der Waals surface area contributed by atoms with Gasteiger partial charge >= 0.3 is 0 Å². The molecule has 144 valence electrons. The summed E-state index contributed by atoms with van der Waals surface area (Å²) in [6, 6.07) is 14.5. The zero-order valence-electron chi connectivity index (χ0n) is 15.8. The van der Waals surface area contributed by atoms with E-state index in [1.54, 1.807) is 23.2 Å². The highest BCUT2D eigenvalue weighted by Crippen LogP contribution is 2.21. The Bertz CT molecular complexity index is 1000. The number of hydrogen-bond donors (Lipinski definition) is 1. The third-order valence-electron chi connectivity index (χ3n) is 5.29. The molecule has 0 atom stereocenters. The van der Waals surface area contributed by atoms with E-state index in [9.17, 15) is 10.1 Å². The number of quaternary nitrogens is 1. The zero-order chi connectivity index (χ0) is 19.3. The lowest BCUT2D eigenvalue weighted by Gasteiger charge is -2.23. The Labute approximate surface area is 163 Å². The van der Waals surface area contributed by atoms with E-state index >= 15 is 0 Å². The van der Waals surface area contributed by atoms with Gasteiger partial charge in [0.2, 0.25) is 5.95 Å². The average molecular weight is 378 g/mol. The van der Waals surface area contributed by atoms with Gasteiger partial charge in [0, 0.05) is 18.3 Å². The van der Waals surface area contributed by atoms with Crippen molar-refractivity contribution >= 4 is 28.9 Å². The lowest BCUT2D eigenvalue weighted by Crippen LogP contribution is -3.13. The molecule has 1 saturated heterocycles. The Morgan fingerprint density at radius 1 is 1.14 bits per heavy atom. The lowest BCUT2D eigenvalue weighted by atomic mass is 10.1. The first-order chi connectivity index (χ1) is 13.7. The highest BCUT2D eigenvalue weighted by Gasteiger charge is 2.16. The smallest absolute Gasteiger partial charge is 0.270 e. The number of hydrogen-bond acceptors (Lipinski definition) is 4. The van der Waals surface area contributed by atoms with E-state index in [1.165, 1.54) is 44.5 Å². The van der Waals surface area contributed by atoms with Crippen LogP contribution < -0.4 is 4.90 Å². The van der Waals surface area contributed by atoms with Crippen LogP contribution in [0.15, 0.2) is 53.5 Å². The molecule has 0 aliphatic carbocycles. The molecular formula is C21H24N5O2+. The summed E-state index contributed by atoms with van der Waals surface area (Å²) in [4.78, 5) is 21.5. The number of non-ortho nitro benzene ring substituents is 1. The lowest BCUT2D eigenvalue weighted by molar-refractivity contribution is -0.905. The van der Waals surface area contributed by atoms with E-state index in [0.29, 0.717) is 11.5 Å². The molecule has 7 heteroatoms. The number of piperidine rings is 1. The monoisotopic (exact) mass is 378 g/mol. The molecule has 1 aromatic heterocycles. The second-order valence-corrected chi connectivity index (χ2v) is 7.22. The summed E-state index contributed by atoms with van der Waals surface area (Å²) in [6.07, 6.45) is 5.60. The van der Waals surface area contributed by atoms with Crippen molar-refractivity contribution in [3.8, 4) is 0 Å². The minimum Gasteiger partial charge on any atom is -0.333 e. The highest BCUT2D eigenvalue weighted by atomic mass is 16.6. The van der Waals surface area contributed by atoms with Crippen LogP contribution in [0.1, 0.15) is 24.8 Å². The predicted octanol–water partition coefficient (Wildman–Crippen LogP) is 2.76. The van der Waals surface area contributed by atoms with Gasteiger partial charge in [0.15, 0.2) is 0 Å². The summed E-state index contributed by atoms with van der Waals surface area (Å²) < 4.78 is 2.16. The predicted molar refractivity (Wildman–Crippen MR) is 109 cm³/mol.